The van der Waals surface area contributed by atoms with Gasteiger partial charge in [-0.2, -0.15) is 5.10 Å². The summed E-state index contributed by atoms with van der Waals surface area (Å²) in [5.74, 6) is 0.475. The molecule has 0 aliphatic rings. The number of ether oxygens (including phenoxy) is 1. The first kappa shape index (κ1) is 19.7. The molecular weight excluding hydrogens is 428 g/mol. The van der Waals surface area contributed by atoms with Crippen molar-refractivity contribution in [2.75, 3.05) is 12.9 Å². The fraction of sp³-hybridized carbons (Fsp3) is 0.250. The zero-order valence-corrected chi connectivity index (χ0v) is 17.0. The number of benzene rings is 1. The van der Waals surface area contributed by atoms with Crippen LogP contribution in [0.5, 0.6) is 5.75 Å². The minimum Gasteiger partial charge on any atom is -0.494 e. The number of halogens is 2. The van der Waals surface area contributed by atoms with Crippen LogP contribution in [0.25, 0.3) is 0 Å². The van der Waals surface area contributed by atoms with Gasteiger partial charge in [0.15, 0.2) is 10.9 Å². The van der Waals surface area contributed by atoms with Crippen molar-refractivity contribution in [3.63, 3.8) is 0 Å². The number of nitrogens with one attached hydrogen (secondary N) is 1. The molecule has 0 radical (unpaired) electrons. The summed E-state index contributed by atoms with van der Waals surface area (Å²) in [6.07, 6.45) is 1.51. The number of aromatic nitrogens is 2. The monoisotopic (exact) mass is 442 g/mol. The molecule has 0 saturated heterocycles. The fourth-order valence-corrected chi connectivity index (χ4v) is 3.75. The third-order valence-corrected chi connectivity index (χ3v) is 4.64. The van der Waals surface area contributed by atoms with Gasteiger partial charge in [0, 0.05) is 11.4 Å². The molecule has 1 amide bonds. The van der Waals surface area contributed by atoms with Gasteiger partial charge in [-0.1, -0.05) is 23.4 Å². The number of carbonyl (C=O) groups excluding carboxylic acids is 1. The van der Waals surface area contributed by atoms with Gasteiger partial charge in [0.25, 0.3) is 5.91 Å². The minimum absolute atomic E-state index is 0.174. The molecule has 1 N–H and O–H groups in total. The first-order chi connectivity index (χ1) is 11.9. The third kappa shape index (κ3) is 5.98. The summed E-state index contributed by atoms with van der Waals surface area (Å²) in [4.78, 5) is 20.4. The highest BCUT2D eigenvalue weighted by Crippen LogP contribution is 2.33. The van der Waals surface area contributed by atoms with Crippen LogP contribution < -0.4 is 10.2 Å². The molecule has 0 bridgehead atoms. The maximum Gasteiger partial charge on any atom is 0.250 e. The molecule has 132 valence electrons. The Kier molecular flexibility index (Phi) is 7.22. The van der Waals surface area contributed by atoms with Crippen molar-refractivity contribution in [3.8, 4) is 5.75 Å². The van der Waals surface area contributed by atoms with Crippen molar-refractivity contribution in [2.24, 2.45) is 5.10 Å². The van der Waals surface area contributed by atoms with Crippen LogP contribution in [0.4, 0.5) is 0 Å². The molecule has 0 aliphatic heterocycles. The van der Waals surface area contributed by atoms with Crippen LogP contribution >= 0.6 is 39.3 Å². The van der Waals surface area contributed by atoms with Crippen LogP contribution in [0, 0.1) is 13.8 Å². The highest BCUT2D eigenvalue weighted by molar-refractivity contribution is 9.10. The van der Waals surface area contributed by atoms with E-state index in [0.717, 1.165) is 17.0 Å². The molecule has 1 aromatic carbocycles. The predicted octanol–water partition coefficient (Wildman–Crippen LogP) is 3.76. The van der Waals surface area contributed by atoms with Crippen molar-refractivity contribution in [2.45, 2.75) is 19.0 Å². The Morgan fingerprint density at radius 3 is 2.64 bits per heavy atom. The highest BCUT2D eigenvalue weighted by Gasteiger charge is 2.08. The number of methoxy groups -OCH3 is 1. The maximum atomic E-state index is 11.9. The van der Waals surface area contributed by atoms with Gasteiger partial charge in [0.05, 0.1) is 28.6 Å². The second-order valence-corrected chi connectivity index (χ2v) is 7.24. The summed E-state index contributed by atoms with van der Waals surface area (Å²) in [5.41, 5.74) is 4.93. The van der Waals surface area contributed by atoms with Crippen LogP contribution in [0.3, 0.4) is 0 Å². The SMILES string of the molecule is COc1c(Cl)cc(/C=N\NC(=O)CSc2nc(C)cc(C)n2)cc1Br. The van der Waals surface area contributed by atoms with Crippen molar-refractivity contribution in [1.82, 2.24) is 15.4 Å². The van der Waals surface area contributed by atoms with Gasteiger partial charge in [-0.15, -0.1) is 0 Å². The predicted molar refractivity (Wildman–Crippen MR) is 104 cm³/mol. The lowest BCUT2D eigenvalue weighted by atomic mass is 10.2. The van der Waals surface area contributed by atoms with E-state index in [-0.39, 0.29) is 11.7 Å². The summed E-state index contributed by atoms with van der Waals surface area (Å²) >= 11 is 10.7. The fourth-order valence-electron chi connectivity index (χ4n) is 1.95. The third-order valence-electron chi connectivity index (χ3n) is 2.92. The molecular formula is C16H16BrClN4O2S. The minimum atomic E-state index is -0.248. The Morgan fingerprint density at radius 2 is 2.04 bits per heavy atom. The van der Waals surface area contributed by atoms with Crippen molar-refractivity contribution < 1.29 is 9.53 Å². The molecule has 9 heteroatoms. The van der Waals surface area contributed by atoms with Gasteiger partial charge in [0.1, 0.15) is 0 Å². The molecule has 0 saturated carbocycles. The number of hydrazone groups is 1. The van der Waals surface area contributed by atoms with Gasteiger partial charge in [-0.05, 0) is 53.5 Å². The van der Waals surface area contributed by atoms with Crippen LogP contribution in [0.1, 0.15) is 17.0 Å². The number of hydrogen-bond acceptors (Lipinski definition) is 6. The number of carbonyl (C=O) groups is 1. The average Bonchev–Trinajstić information content (AvgIpc) is 2.52. The molecule has 2 rings (SSSR count). The smallest absolute Gasteiger partial charge is 0.250 e. The normalized spacial score (nSPS) is 10.9. The summed E-state index contributed by atoms with van der Waals surface area (Å²) in [7, 11) is 1.54. The second kappa shape index (κ2) is 9.17. The maximum absolute atomic E-state index is 11.9. The second-order valence-electron chi connectivity index (χ2n) is 5.03. The van der Waals surface area contributed by atoms with E-state index in [1.165, 1.54) is 25.1 Å². The molecule has 2 aromatic rings. The number of thioether (sulfide) groups is 1. The summed E-state index contributed by atoms with van der Waals surface area (Å²) < 4.78 is 5.86. The molecule has 0 unspecified atom stereocenters. The Bertz CT molecular complexity index is 773. The first-order valence-corrected chi connectivity index (χ1v) is 9.34. The summed E-state index contributed by atoms with van der Waals surface area (Å²) in [6.45, 7) is 3.78. The van der Waals surface area contributed by atoms with E-state index in [2.05, 4.69) is 36.4 Å². The topological polar surface area (TPSA) is 76.5 Å². The van der Waals surface area contributed by atoms with Crippen LogP contribution in [-0.2, 0) is 4.79 Å². The molecule has 25 heavy (non-hydrogen) atoms. The van der Waals surface area contributed by atoms with Crippen LogP contribution in [0.15, 0.2) is 32.9 Å². The zero-order chi connectivity index (χ0) is 18.4. The molecule has 0 aliphatic carbocycles. The van der Waals surface area contributed by atoms with E-state index in [4.69, 9.17) is 16.3 Å². The van der Waals surface area contributed by atoms with Crippen molar-refractivity contribution in [3.05, 3.63) is 44.6 Å². The Morgan fingerprint density at radius 1 is 1.36 bits per heavy atom. The van der Waals surface area contributed by atoms with Gasteiger partial charge < -0.3 is 4.74 Å². The van der Waals surface area contributed by atoms with Crippen molar-refractivity contribution >= 4 is 51.4 Å². The van der Waals surface area contributed by atoms with E-state index in [0.29, 0.717) is 20.4 Å². The average molecular weight is 444 g/mol. The molecule has 6 nitrogen and oxygen atoms in total. The molecule has 1 aromatic heterocycles. The number of aryl methyl sites for hydroxylation is 2. The van der Waals surface area contributed by atoms with Crippen LogP contribution in [0.2, 0.25) is 5.02 Å². The van der Waals surface area contributed by atoms with Crippen molar-refractivity contribution in [1.29, 1.82) is 0 Å². The number of amides is 1. The highest BCUT2D eigenvalue weighted by atomic mass is 79.9. The summed E-state index contributed by atoms with van der Waals surface area (Å²) in [5, 5.41) is 4.95. The Hall–Kier alpha value is -1.64. The van der Waals surface area contributed by atoms with E-state index >= 15 is 0 Å². The molecule has 0 spiro atoms. The Labute approximate surface area is 163 Å². The van der Waals surface area contributed by atoms with E-state index in [1.54, 1.807) is 12.1 Å². The molecule has 0 fully saturated rings. The lowest BCUT2D eigenvalue weighted by Gasteiger charge is -2.06. The largest absolute Gasteiger partial charge is 0.494 e. The lowest BCUT2D eigenvalue weighted by molar-refractivity contribution is -0.118. The quantitative estimate of drug-likeness (QED) is 0.318. The van der Waals surface area contributed by atoms with E-state index in [9.17, 15) is 4.79 Å². The van der Waals surface area contributed by atoms with E-state index < -0.39 is 0 Å². The lowest BCUT2D eigenvalue weighted by Crippen LogP contribution is -2.19. The number of rotatable bonds is 6. The van der Waals surface area contributed by atoms with Gasteiger partial charge in [-0.3, -0.25) is 4.79 Å². The number of hydrogen-bond donors (Lipinski definition) is 1. The van der Waals surface area contributed by atoms with Crippen LogP contribution in [-0.4, -0.2) is 35.0 Å². The Balaban J connectivity index is 1.90. The zero-order valence-electron chi connectivity index (χ0n) is 13.8. The molecule has 1 heterocycles. The van der Waals surface area contributed by atoms with Gasteiger partial charge >= 0.3 is 0 Å². The van der Waals surface area contributed by atoms with Gasteiger partial charge in [0.2, 0.25) is 0 Å². The van der Waals surface area contributed by atoms with E-state index in [1.807, 2.05) is 19.9 Å². The number of nitrogens with zero attached hydrogens (tertiary/aromatic N) is 3. The molecule has 0 atom stereocenters. The standard InChI is InChI=1S/C16H16BrClN4O2S/c1-9-4-10(2)21-16(20-9)25-8-14(23)22-19-7-11-5-12(17)15(24-3)13(18)6-11/h4-7H,8H2,1-3H3,(H,22,23)/b19-7-. The first-order valence-electron chi connectivity index (χ1n) is 7.19. The van der Waals surface area contributed by atoms with Gasteiger partial charge in [-0.25, -0.2) is 15.4 Å². The summed E-state index contributed by atoms with van der Waals surface area (Å²) in [6, 6.07) is 5.37.